The number of nitrogens with zero attached hydrogens (tertiary/aromatic N) is 2. The molecule has 0 saturated carbocycles. The summed E-state index contributed by atoms with van der Waals surface area (Å²) in [6.07, 6.45) is 3.50. The zero-order valence-electron chi connectivity index (χ0n) is 8.31. The van der Waals surface area contributed by atoms with Crippen LogP contribution in [-0.4, -0.2) is 15.2 Å². The van der Waals surface area contributed by atoms with Crippen LogP contribution in [0.25, 0.3) is 22.2 Å². The average Bonchev–Trinajstić information content (AvgIpc) is 2.73. The van der Waals surface area contributed by atoms with Crippen LogP contribution in [0.3, 0.4) is 0 Å². The van der Waals surface area contributed by atoms with Crippen LogP contribution >= 0.6 is 11.6 Å². The first-order valence-corrected chi connectivity index (χ1v) is 5.26. The summed E-state index contributed by atoms with van der Waals surface area (Å²) < 4.78 is 0. The summed E-state index contributed by atoms with van der Waals surface area (Å²) in [6, 6.07) is 9.54. The van der Waals surface area contributed by atoms with E-state index in [9.17, 15) is 0 Å². The van der Waals surface area contributed by atoms with E-state index in [-0.39, 0.29) is 0 Å². The van der Waals surface area contributed by atoms with Crippen molar-refractivity contribution in [3.05, 3.63) is 47.7 Å². The van der Waals surface area contributed by atoms with E-state index in [1.165, 1.54) is 0 Å². The lowest BCUT2D eigenvalue weighted by atomic mass is 10.1. The molecule has 0 unspecified atom stereocenters. The molecule has 0 radical (unpaired) electrons. The number of hydrogen-bond donors (Lipinski definition) is 1. The standard InChI is InChI=1S/C12H8ClN3/c13-9-1-2-11-10(7-9)12(16-15-11)8-3-5-14-6-4-8/h1-7H,(H,15,16). The van der Waals surface area contributed by atoms with E-state index in [0.29, 0.717) is 5.02 Å². The lowest BCUT2D eigenvalue weighted by Crippen LogP contribution is -1.79. The van der Waals surface area contributed by atoms with E-state index in [0.717, 1.165) is 22.2 Å². The number of H-pyrrole nitrogens is 1. The summed E-state index contributed by atoms with van der Waals surface area (Å²) in [5.41, 5.74) is 2.92. The van der Waals surface area contributed by atoms with Crippen LogP contribution in [0.1, 0.15) is 0 Å². The summed E-state index contributed by atoms with van der Waals surface area (Å²) in [7, 11) is 0. The van der Waals surface area contributed by atoms with Gasteiger partial charge in [0.05, 0.1) is 5.52 Å². The van der Waals surface area contributed by atoms with Gasteiger partial charge in [0.1, 0.15) is 5.69 Å². The number of aromatic amines is 1. The number of nitrogens with one attached hydrogen (secondary N) is 1. The molecular weight excluding hydrogens is 222 g/mol. The quantitative estimate of drug-likeness (QED) is 0.696. The minimum Gasteiger partial charge on any atom is -0.277 e. The van der Waals surface area contributed by atoms with Crippen molar-refractivity contribution in [3.63, 3.8) is 0 Å². The molecular formula is C12H8ClN3. The molecule has 0 aliphatic carbocycles. The number of aromatic nitrogens is 3. The van der Waals surface area contributed by atoms with Gasteiger partial charge in [0.25, 0.3) is 0 Å². The fourth-order valence-electron chi connectivity index (χ4n) is 1.72. The van der Waals surface area contributed by atoms with Crippen molar-refractivity contribution in [2.24, 2.45) is 0 Å². The topological polar surface area (TPSA) is 41.6 Å². The highest BCUT2D eigenvalue weighted by Gasteiger charge is 2.07. The van der Waals surface area contributed by atoms with Gasteiger partial charge in [-0.25, -0.2) is 0 Å². The molecule has 0 atom stereocenters. The Kier molecular flexibility index (Phi) is 2.11. The lowest BCUT2D eigenvalue weighted by Gasteiger charge is -1.96. The summed E-state index contributed by atoms with van der Waals surface area (Å²) >= 11 is 5.98. The molecule has 1 N–H and O–H groups in total. The van der Waals surface area contributed by atoms with E-state index >= 15 is 0 Å². The van der Waals surface area contributed by atoms with Crippen molar-refractivity contribution in [1.29, 1.82) is 0 Å². The Morgan fingerprint density at radius 1 is 1.06 bits per heavy atom. The summed E-state index contributed by atoms with van der Waals surface area (Å²) in [6.45, 7) is 0. The monoisotopic (exact) mass is 229 g/mol. The van der Waals surface area contributed by atoms with E-state index in [4.69, 9.17) is 11.6 Å². The Bertz CT molecular complexity index is 631. The fourth-order valence-corrected chi connectivity index (χ4v) is 1.89. The van der Waals surface area contributed by atoms with Crippen LogP contribution in [-0.2, 0) is 0 Å². The first kappa shape index (κ1) is 9.36. The van der Waals surface area contributed by atoms with Gasteiger partial charge in [-0.05, 0) is 30.3 Å². The predicted molar refractivity (Wildman–Crippen MR) is 64.3 cm³/mol. The van der Waals surface area contributed by atoms with Crippen LogP contribution in [0.5, 0.6) is 0 Å². The maximum Gasteiger partial charge on any atom is 0.100 e. The number of halogens is 1. The van der Waals surface area contributed by atoms with Gasteiger partial charge in [-0.2, -0.15) is 5.10 Å². The van der Waals surface area contributed by atoms with E-state index in [2.05, 4.69) is 15.2 Å². The summed E-state index contributed by atoms with van der Waals surface area (Å²) in [5, 5.41) is 9.02. The second-order valence-corrected chi connectivity index (χ2v) is 3.93. The minimum atomic E-state index is 0.712. The molecule has 2 heterocycles. The van der Waals surface area contributed by atoms with Crippen LogP contribution in [0.15, 0.2) is 42.7 Å². The Morgan fingerprint density at radius 3 is 2.69 bits per heavy atom. The minimum absolute atomic E-state index is 0.712. The summed E-state index contributed by atoms with van der Waals surface area (Å²) in [5.74, 6) is 0. The highest BCUT2D eigenvalue weighted by atomic mass is 35.5. The number of rotatable bonds is 1. The maximum absolute atomic E-state index is 5.98. The highest BCUT2D eigenvalue weighted by Crippen LogP contribution is 2.27. The Labute approximate surface area is 97.1 Å². The van der Waals surface area contributed by atoms with Crippen molar-refractivity contribution in [1.82, 2.24) is 15.2 Å². The third-order valence-corrected chi connectivity index (χ3v) is 2.71. The zero-order chi connectivity index (χ0) is 11.0. The van der Waals surface area contributed by atoms with Gasteiger partial charge in [-0.1, -0.05) is 11.6 Å². The first-order valence-electron chi connectivity index (χ1n) is 4.88. The average molecular weight is 230 g/mol. The molecule has 0 aliphatic rings. The van der Waals surface area contributed by atoms with Crippen LogP contribution in [0.4, 0.5) is 0 Å². The van der Waals surface area contributed by atoms with Gasteiger partial charge in [0, 0.05) is 28.4 Å². The number of benzene rings is 1. The van der Waals surface area contributed by atoms with Crippen LogP contribution in [0, 0.1) is 0 Å². The second kappa shape index (κ2) is 3.61. The maximum atomic E-state index is 5.98. The molecule has 16 heavy (non-hydrogen) atoms. The number of pyridine rings is 1. The molecule has 4 heteroatoms. The second-order valence-electron chi connectivity index (χ2n) is 3.50. The Morgan fingerprint density at radius 2 is 1.88 bits per heavy atom. The van der Waals surface area contributed by atoms with Gasteiger partial charge in [-0.15, -0.1) is 0 Å². The molecule has 0 saturated heterocycles. The third kappa shape index (κ3) is 1.46. The number of hydrogen-bond acceptors (Lipinski definition) is 2. The van der Waals surface area contributed by atoms with Gasteiger partial charge >= 0.3 is 0 Å². The molecule has 0 bridgehead atoms. The molecule has 3 rings (SSSR count). The molecule has 0 spiro atoms. The Balaban J connectivity index is 2.29. The predicted octanol–water partition coefficient (Wildman–Crippen LogP) is 3.28. The van der Waals surface area contributed by atoms with Gasteiger partial charge < -0.3 is 0 Å². The molecule has 3 nitrogen and oxygen atoms in total. The molecule has 0 aliphatic heterocycles. The van der Waals surface area contributed by atoms with Gasteiger partial charge in [0.2, 0.25) is 0 Å². The fraction of sp³-hybridized carbons (Fsp3) is 0. The van der Waals surface area contributed by atoms with Crippen molar-refractivity contribution < 1.29 is 0 Å². The van der Waals surface area contributed by atoms with E-state index < -0.39 is 0 Å². The van der Waals surface area contributed by atoms with Crippen LogP contribution < -0.4 is 0 Å². The molecule has 0 amide bonds. The SMILES string of the molecule is Clc1ccc2[nH]nc(-c3ccncc3)c2c1. The third-order valence-electron chi connectivity index (χ3n) is 2.48. The van der Waals surface area contributed by atoms with Crippen molar-refractivity contribution in [2.45, 2.75) is 0 Å². The van der Waals surface area contributed by atoms with Crippen molar-refractivity contribution in [3.8, 4) is 11.3 Å². The molecule has 78 valence electrons. The lowest BCUT2D eigenvalue weighted by molar-refractivity contribution is 1.12. The molecule has 1 aromatic carbocycles. The van der Waals surface area contributed by atoms with Gasteiger partial charge in [-0.3, -0.25) is 10.1 Å². The molecule has 2 aromatic heterocycles. The molecule has 3 aromatic rings. The normalized spacial score (nSPS) is 10.8. The van der Waals surface area contributed by atoms with Gasteiger partial charge in [0.15, 0.2) is 0 Å². The molecule has 0 fully saturated rings. The first-order chi connectivity index (χ1) is 7.84. The largest absolute Gasteiger partial charge is 0.277 e. The summed E-state index contributed by atoms with van der Waals surface area (Å²) in [4.78, 5) is 3.99. The van der Waals surface area contributed by atoms with E-state index in [1.807, 2.05) is 30.3 Å². The smallest absolute Gasteiger partial charge is 0.100 e. The van der Waals surface area contributed by atoms with Crippen molar-refractivity contribution in [2.75, 3.05) is 0 Å². The Hall–Kier alpha value is -1.87. The van der Waals surface area contributed by atoms with Crippen LogP contribution in [0.2, 0.25) is 5.02 Å². The zero-order valence-corrected chi connectivity index (χ0v) is 9.07. The van der Waals surface area contributed by atoms with Crippen molar-refractivity contribution >= 4 is 22.5 Å². The highest BCUT2D eigenvalue weighted by molar-refractivity contribution is 6.31. The van der Waals surface area contributed by atoms with E-state index in [1.54, 1.807) is 12.4 Å². The number of fused-ring (bicyclic) bond motifs is 1.